The molecule has 0 spiro atoms. The fourth-order valence-electron chi connectivity index (χ4n) is 1.72. The van der Waals surface area contributed by atoms with Crippen LogP contribution in [0.5, 0.6) is 0 Å². The van der Waals surface area contributed by atoms with Crippen LogP contribution >= 0.6 is 0 Å². The lowest BCUT2D eigenvalue weighted by molar-refractivity contribution is -0.144. The van der Waals surface area contributed by atoms with Crippen LogP contribution in [0.4, 0.5) is 19.0 Å². The summed E-state index contributed by atoms with van der Waals surface area (Å²) in [5.41, 5.74) is 1.02. The fraction of sp³-hybridized carbons (Fsp3) is 0.333. The van der Waals surface area contributed by atoms with Gasteiger partial charge in [0.2, 0.25) is 5.82 Å². The number of benzene rings is 1. The molecule has 1 N–H and O–H groups in total. The topological polar surface area (TPSA) is 37.8 Å². The zero-order chi connectivity index (χ0) is 13.3. The number of aryl methyl sites for hydroxylation is 1. The number of nitrogens with zero attached hydrogens (tertiary/aromatic N) is 2. The van der Waals surface area contributed by atoms with Crippen molar-refractivity contribution in [2.45, 2.75) is 20.0 Å². The first kappa shape index (κ1) is 12.6. The predicted molar refractivity (Wildman–Crippen MR) is 63.4 cm³/mol. The van der Waals surface area contributed by atoms with Gasteiger partial charge in [0.1, 0.15) is 5.82 Å². The van der Waals surface area contributed by atoms with E-state index in [0.29, 0.717) is 23.0 Å². The van der Waals surface area contributed by atoms with E-state index < -0.39 is 12.0 Å². The maximum atomic E-state index is 12.7. The molecule has 0 aliphatic carbocycles. The van der Waals surface area contributed by atoms with Crippen LogP contribution in [0.3, 0.4) is 0 Å². The van der Waals surface area contributed by atoms with E-state index in [1.807, 2.05) is 0 Å². The van der Waals surface area contributed by atoms with Crippen LogP contribution in [0.1, 0.15) is 18.3 Å². The molecule has 96 valence electrons. The van der Waals surface area contributed by atoms with E-state index in [4.69, 9.17) is 0 Å². The van der Waals surface area contributed by atoms with Crippen molar-refractivity contribution < 1.29 is 13.2 Å². The van der Waals surface area contributed by atoms with E-state index in [9.17, 15) is 13.2 Å². The van der Waals surface area contributed by atoms with Gasteiger partial charge in [-0.15, -0.1) is 0 Å². The third kappa shape index (κ3) is 2.23. The summed E-state index contributed by atoms with van der Waals surface area (Å²) in [6.07, 6.45) is -4.54. The van der Waals surface area contributed by atoms with Crippen molar-refractivity contribution in [1.82, 2.24) is 9.97 Å². The lowest BCUT2D eigenvalue weighted by Crippen LogP contribution is -2.14. The van der Waals surface area contributed by atoms with E-state index >= 15 is 0 Å². The van der Waals surface area contributed by atoms with Crippen LogP contribution in [-0.4, -0.2) is 16.5 Å². The zero-order valence-corrected chi connectivity index (χ0v) is 9.97. The van der Waals surface area contributed by atoms with Gasteiger partial charge in [0, 0.05) is 11.9 Å². The number of alkyl halides is 3. The third-order valence-corrected chi connectivity index (χ3v) is 2.53. The molecule has 1 heterocycles. The van der Waals surface area contributed by atoms with Gasteiger partial charge in [-0.3, -0.25) is 0 Å². The summed E-state index contributed by atoms with van der Waals surface area (Å²) in [5.74, 6) is -0.890. The average molecular weight is 255 g/mol. The van der Waals surface area contributed by atoms with Crippen molar-refractivity contribution in [1.29, 1.82) is 0 Å². The molecule has 1 aromatic heterocycles. The Morgan fingerprint density at radius 3 is 2.56 bits per heavy atom. The van der Waals surface area contributed by atoms with Crippen LogP contribution in [0.25, 0.3) is 10.9 Å². The number of para-hydroxylation sites is 1. The van der Waals surface area contributed by atoms with Gasteiger partial charge in [0.25, 0.3) is 0 Å². The Labute approximate surface area is 102 Å². The molecule has 2 aromatic rings. The summed E-state index contributed by atoms with van der Waals surface area (Å²) < 4.78 is 38.1. The van der Waals surface area contributed by atoms with Gasteiger partial charge in [-0.05, 0) is 25.5 Å². The minimum atomic E-state index is -4.54. The van der Waals surface area contributed by atoms with Crippen LogP contribution in [-0.2, 0) is 6.18 Å². The first-order valence-corrected chi connectivity index (χ1v) is 5.52. The van der Waals surface area contributed by atoms with Crippen LogP contribution < -0.4 is 5.32 Å². The Balaban J connectivity index is 2.75. The van der Waals surface area contributed by atoms with Gasteiger partial charge in [-0.2, -0.15) is 13.2 Å². The van der Waals surface area contributed by atoms with Gasteiger partial charge in [-0.25, -0.2) is 9.97 Å². The number of hydrogen-bond donors (Lipinski definition) is 1. The Hall–Kier alpha value is -1.85. The minimum Gasteiger partial charge on any atom is -0.370 e. The largest absolute Gasteiger partial charge is 0.451 e. The highest BCUT2D eigenvalue weighted by Crippen LogP contribution is 2.31. The predicted octanol–water partition coefficient (Wildman–Crippen LogP) is 3.39. The molecular formula is C12H12F3N3. The summed E-state index contributed by atoms with van der Waals surface area (Å²) in [7, 11) is 0. The molecule has 0 aliphatic heterocycles. The molecule has 2 rings (SSSR count). The van der Waals surface area contributed by atoms with Gasteiger partial charge >= 0.3 is 6.18 Å². The maximum absolute atomic E-state index is 12.7. The van der Waals surface area contributed by atoms with E-state index in [1.165, 1.54) is 0 Å². The molecule has 0 amide bonds. The smallest absolute Gasteiger partial charge is 0.370 e. The number of hydrogen-bond acceptors (Lipinski definition) is 3. The van der Waals surface area contributed by atoms with Crippen molar-refractivity contribution in [3.05, 3.63) is 29.6 Å². The molecule has 0 fully saturated rings. The van der Waals surface area contributed by atoms with Crippen molar-refractivity contribution in [3.63, 3.8) is 0 Å². The van der Waals surface area contributed by atoms with E-state index in [0.717, 1.165) is 0 Å². The average Bonchev–Trinajstić information content (AvgIpc) is 2.29. The summed E-state index contributed by atoms with van der Waals surface area (Å²) in [5, 5.41) is 3.44. The highest BCUT2D eigenvalue weighted by molar-refractivity contribution is 5.91. The number of anilines is 1. The number of halogens is 3. The monoisotopic (exact) mass is 255 g/mol. The number of rotatable bonds is 2. The second kappa shape index (κ2) is 4.44. The number of aromatic nitrogens is 2. The maximum Gasteiger partial charge on any atom is 0.451 e. The third-order valence-electron chi connectivity index (χ3n) is 2.53. The van der Waals surface area contributed by atoms with Crippen LogP contribution in [0.15, 0.2) is 18.2 Å². The first-order valence-electron chi connectivity index (χ1n) is 5.52. The van der Waals surface area contributed by atoms with Gasteiger partial charge < -0.3 is 5.32 Å². The molecule has 3 nitrogen and oxygen atoms in total. The number of nitrogens with one attached hydrogen (secondary N) is 1. The van der Waals surface area contributed by atoms with E-state index in [2.05, 4.69) is 15.3 Å². The van der Waals surface area contributed by atoms with Gasteiger partial charge in [0.15, 0.2) is 0 Å². The molecule has 0 unspecified atom stereocenters. The fourth-order valence-corrected chi connectivity index (χ4v) is 1.72. The highest BCUT2D eigenvalue weighted by Gasteiger charge is 2.35. The summed E-state index contributed by atoms with van der Waals surface area (Å²) in [6, 6.07) is 5.21. The molecule has 0 bridgehead atoms. The van der Waals surface area contributed by atoms with Crippen LogP contribution in [0, 0.1) is 6.92 Å². The highest BCUT2D eigenvalue weighted by atomic mass is 19.4. The molecule has 0 atom stereocenters. The molecule has 0 radical (unpaired) electrons. The Kier molecular flexibility index (Phi) is 3.11. The lowest BCUT2D eigenvalue weighted by Gasteiger charge is -2.12. The normalized spacial score (nSPS) is 11.8. The van der Waals surface area contributed by atoms with Gasteiger partial charge in [-0.1, -0.05) is 12.1 Å². The Morgan fingerprint density at radius 2 is 1.94 bits per heavy atom. The van der Waals surface area contributed by atoms with Crippen LogP contribution in [0.2, 0.25) is 0 Å². The second-order valence-corrected chi connectivity index (χ2v) is 3.89. The summed E-state index contributed by atoms with van der Waals surface area (Å²) >= 11 is 0. The molecule has 0 saturated heterocycles. The van der Waals surface area contributed by atoms with Gasteiger partial charge in [0.05, 0.1) is 5.52 Å². The second-order valence-electron chi connectivity index (χ2n) is 3.89. The number of fused-ring (bicyclic) bond motifs is 1. The minimum absolute atomic E-state index is 0.221. The summed E-state index contributed by atoms with van der Waals surface area (Å²) in [4.78, 5) is 7.17. The molecule has 0 aliphatic rings. The molecule has 6 heteroatoms. The van der Waals surface area contributed by atoms with E-state index in [-0.39, 0.29) is 5.82 Å². The Bertz CT molecular complexity index is 579. The first-order chi connectivity index (χ1) is 8.43. The molecule has 18 heavy (non-hydrogen) atoms. The van der Waals surface area contributed by atoms with Crippen molar-refractivity contribution >= 4 is 16.7 Å². The van der Waals surface area contributed by atoms with Crippen molar-refractivity contribution in [3.8, 4) is 0 Å². The quantitative estimate of drug-likeness (QED) is 0.893. The zero-order valence-electron chi connectivity index (χ0n) is 9.97. The Morgan fingerprint density at radius 1 is 1.22 bits per heavy atom. The van der Waals surface area contributed by atoms with Crippen molar-refractivity contribution in [2.75, 3.05) is 11.9 Å². The summed E-state index contributed by atoms with van der Waals surface area (Å²) in [6.45, 7) is 4.03. The SMILES string of the molecule is CCNc1nc(C(F)(F)F)nc2c(C)cccc12. The lowest BCUT2D eigenvalue weighted by atomic mass is 10.1. The molecule has 0 saturated carbocycles. The molecular weight excluding hydrogens is 243 g/mol. The van der Waals surface area contributed by atoms with E-state index in [1.54, 1.807) is 32.0 Å². The van der Waals surface area contributed by atoms with Crippen molar-refractivity contribution in [2.24, 2.45) is 0 Å². The molecule has 1 aromatic carbocycles. The standard InChI is InChI=1S/C12H12F3N3/c1-3-16-10-8-6-4-5-7(2)9(8)17-11(18-10)12(13,14)15/h4-6H,3H2,1-2H3,(H,16,17,18).